The van der Waals surface area contributed by atoms with E-state index in [1.807, 2.05) is 30.5 Å². The van der Waals surface area contributed by atoms with Gasteiger partial charge in [0.1, 0.15) is 6.33 Å². The molecule has 2 aromatic heterocycles. The lowest BCUT2D eigenvalue weighted by Crippen LogP contribution is -2.14. The van der Waals surface area contributed by atoms with Crippen molar-refractivity contribution in [1.29, 1.82) is 0 Å². The molecule has 0 spiro atoms. The van der Waals surface area contributed by atoms with Gasteiger partial charge in [-0.25, -0.2) is 13.8 Å². The van der Waals surface area contributed by atoms with Crippen molar-refractivity contribution in [2.75, 3.05) is 11.1 Å². The third kappa shape index (κ3) is 4.80. The zero-order valence-electron chi connectivity index (χ0n) is 16.6. The maximum atomic E-state index is 13.4. The molecule has 1 N–H and O–H groups in total. The maximum absolute atomic E-state index is 13.4. The number of carbonyl (C=O) groups is 1. The van der Waals surface area contributed by atoms with Crippen molar-refractivity contribution >= 4 is 34.1 Å². The molecule has 0 fully saturated rings. The molecule has 0 aliphatic carbocycles. The van der Waals surface area contributed by atoms with E-state index in [4.69, 9.17) is 0 Å². The molecule has 0 saturated carbocycles. The smallest absolute Gasteiger partial charge is 0.236 e. The van der Waals surface area contributed by atoms with Crippen LogP contribution in [0.5, 0.6) is 0 Å². The number of thiazole rings is 1. The van der Waals surface area contributed by atoms with E-state index in [9.17, 15) is 13.6 Å². The number of carbonyl (C=O) groups excluding carboxylic acids is 1. The number of amides is 1. The predicted octanol–water partition coefficient (Wildman–Crippen LogP) is 5.02. The van der Waals surface area contributed by atoms with Gasteiger partial charge in [-0.3, -0.25) is 9.36 Å². The minimum atomic E-state index is -0.944. The fourth-order valence-corrected chi connectivity index (χ4v) is 4.43. The highest BCUT2D eigenvalue weighted by atomic mass is 32.2. The predicted molar refractivity (Wildman–Crippen MR) is 118 cm³/mol. The molecule has 1 amide bonds. The molecule has 10 heteroatoms. The second-order valence-electron chi connectivity index (χ2n) is 6.78. The first-order chi connectivity index (χ1) is 14.9. The van der Waals surface area contributed by atoms with Crippen LogP contribution in [0.2, 0.25) is 0 Å². The second-order valence-corrected chi connectivity index (χ2v) is 8.58. The maximum Gasteiger partial charge on any atom is 0.236 e. The number of anilines is 1. The van der Waals surface area contributed by atoms with Gasteiger partial charge in [-0.15, -0.1) is 21.5 Å². The van der Waals surface area contributed by atoms with Crippen molar-refractivity contribution in [2.24, 2.45) is 0 Å². The second kappa shape index (κ2) is 8.94. The standard InChI is InChI=1S/C21H17F2N5OS2/c1-12-3-6-18(13(2)7-12)28-11-24-27-21(28)31-10-19(29)26-20-25-17(9-30-20)14-4-5-15(22)16(23)8-14/h3-9,11H,10H2,1-2H3,(H,25,26,29). The Kier molecular flexibility index (Phi) is 6.10. The Labute approximate surface area is 185 Å². The molecule has 158 valence electrons. The third-order valence-corrected chi connectivity index (χ3v) is 6.13. The lowest BCUT2D eigenvalue weighted by atomic mass is 10.1. The van der Waals surface area contributed by atoms with Crippen LogP contribution in [0.4, 0.5) is 13.9 Å². The van der Waals surface area contributed by atoms with E-state index in [-0.39, 0.29) is 11.7 Å². The molecule has 0 atom stereocenters. The Morgan fingerprint density at radius 2 is 2.00 bits per heavy atom. The summed E-state index contributed by atoms with van der Waals surface area (Å²) in [5.41, 5.74) is 4.09. The first-order valence-corrected chi connectivity index (χ1v) is 11.1. The van der Waals surface area contributed by atoms with E-state index in [0.717, 1.165) is 28.9 Å². The number of benzene rings is 2. The topological polar surface area (TPSA) is 72.7 Å². The number of rotatable bonds is 6. The van der Waals surface area contributed by atoms with Gasteiger partial charge in [-0.2, -0.15) is 0 Å². The summed E-state index contributed by atoms with van der Waals surface area (Å²) in [7, 11) is 0. The van der Waals surface area contributed by atoms with Crippen molar-refractivity contribution in [3.05, 3.63) is 70.9 Å². The van der Waals surface area contributed by atoms with Gasteiger partial charge in [0.15, 0.2) is 21.9 Å². The molecule has 4 aromatic rings. The molecule has 31 heavy (non-hydrogen) atoms. The molecule has 0 saturated heterocycles. The quantitative estimate of drug-likeness (QED) is 0.412. The van der Waals surface area contributed by atoms with E-state index >= 15 is 0 Å². The highest BCUT2D eigenvalue weighted by Crippen LogP contribution is 2.27. The summed E-state index contributed by atoms with van der Waals surface area (Å²) in [6.45, 7) is 4.04. The fourth-order valence-electron chi connectivity index (χ4n) is 2.97. The van der Waals surface area contributed by atoms with Crippen LogP contribution in [0.25, 0.3) is 16.9 Å². The lowest BCUT2D eigenvalue weighted by Gasteiger charge is -2.10. The molecule has 0 radical (unpaired) electrons. The van der Waals surface area contributed by atoms with Gasteiger partial charge in [0.2, 0.25) is 5.91 Å². The normalized spacial score (nSPS) is 11.0. The van der Waals surface area contributed by atoms with Gasteiger partial charge in [-0.05, 0) is 43.7 Å². The monoisotopic (exact) mass is 457 g/mol. The van der Waals surface area contributed by atoms with Crippen molar-refractivity contribution in [3.63, 3.8) is 0 Å². The number of halogens is 2. The number of hydrogen-bond donors (Lipinski definition) is 1. The third-order valence-electron chi connectivity index (χ3n) is 4.43. The fraction of sp³-hybridized carbons (Fsp3) is 0.143. The zero-order valence-corrected chi connectivity index (χ0v) is 18.2. The van der Waals surface area contributed by atoms with Crippen LogP contribution < -0.4 is 5.32 Å². The van der Waals surface area contributed by atoms with E-state index < -0.39 is 11.6 Å². The molecule has 4 rings (SSSR count). The Balaban J connectivity index is 1.40. The highest BCUT2D eigenvalue weighted by molar-refractivity contribution is 7.99. The van der Waals surface area contributed by atoms with Crippen LogP contribution in [0.3, 0.4) is 0 Å². The van der Waals surface area contributed by atoms with E-state index in [0.29, 0.717) is 21.5 Å². The van der Waals surface area contributed by atoms with Gasteiger partial charge in [0, 0.05) is 10.9 Å². The molecular weight excluding hydrogens is 440 g/mol. The average Bonchev–Trinajstić information content (AvgIpc) is 3.38. The molecular formula is C21H17F2N5OS2. The summed E-state index contributed by atoms with van der Waals surface area (Å²) in [5.74, 6) is -2.01. The van der Waals surface area contributed by atoms with Crippen LogP contribution in [-0.4, -0.2) is 31.4 Å². The Morgan fingerprint density at radius 3 is 2.77 bits per heavy atom. The first-order valence-electron chi connectivity index (χ1n) is 9.22. The van der Waals surface area contributed by atoms with Gasteiger partial charge in [0.25, 0.3) is 0 Å². The summed E-state index contributed by atoms with van der Waals surface area (Å²) in [5, 5.41) is 13.4. The average molecular weight is 458 g/mol. The largest absolute Gasteiger partial charge is 0.301 e. The molecule has 6 nitrogen and oxygen atoms in total. The Hall–Kier alpha value is -3.11. The number of nitrogens with zero attached hydrogens (tertiary/aromatic N) is 4. The van der Waals surface area contributed by atoms with Crippen molar-refractivity contribution in [2.45, 2.75) is 19.0 Å². The molecule has 0 aliphatic rings. The Morgan fingerprint density at radius 1 is 1.16 bits per heavy atom. The minimum Gasteiger partial charge on any atom is -0.301 e. The van der Waals surface area contributed by atoms with Gasteiger partial charge in [0.05, 0.1) is 17.1 Å². The Bertz CT molecular complexity index is 1250. The zero-order chi connectivity index (χ0) is 22.0. The van der Waals surface area contributed by atoms with Crippen LogP contribution in [-0.2, 0) is 4.79 Å². The molecule has 2 heterocycles. The molecule has 0 unspecified atom stereocenters. The summed E-state index contributed by atoms with van der Waals surface area (Å²) >= 11 is 2.47. The van der Waals surface area contributed by atoms with E-state index in [1.165, 1.54) is 29.2 Å². The van der Waals surface area contributed by atoms with Crippen LogP contribution in [0, 0.1) is 25.5 Å². The van der Waals surface area contributed by atoms with Gasteiger partial charge in [-0.1, -0.05) is 29.5 Å². The first kappa shape index (κ1) is 21.1. The number of hydrogen-bond acceptors (Lipinski definition) is 6. The molecule has 0 bridgehead atoms. The summed E-state index contributed by atoms with van der Waals surface area (Å²) in [4.78, 5) is 16.7. The number of nitrogens with one attached hydrogen (secondary N) is 1. The van der Waals surface area contributed by atoms with Crippen molar-refractivity contribution < 1.29 is 13.6 Å². The SMILES string of the molecule is Cc1ccc(-n2cnnc2SCC(=O)Nc2nc(-c3ccc(F)c(F)c3)cs2)c(C)c1. The number of aromatic nitrogens is 4. The van der Waals surface area contributed by atoms with Crippen molar-refractivity contribution in [1.82, 2.24) is 19.7 Å². The van der Waals surface area contributed by atoms with Gasteiger partial charge < -0.3 is 5.32 Å². The van der Waals surface area contributed by atoms with E-state index in [1.54, 1.807) is 11.7 Å². The van der Waals surface area contributed by atoms with Crippen LogP contribution in [0.1, 0.15) is 11.1 Å². The van der Waals surface area contributed by atoms with Gasteiger partial charge >= 0.3 is 0 Å². The van der Waals surface area contributed by atoms with Crippen LogP contribution in [0.15, 0.2) is 53.3 Å². The summed E-state index contributed by atoms with van der Waals surface area (Å²) < 4.78 is 28.4. The molecule has 0 aliphatic heterocycles. The highest BCUT2D eigenvalue weighted by Gasteiger charge is 2.14. The minimum absolute atomic E-state index is 0.115. The number of aryl methyl sites for hydroxylation is 2. The number of thioether (sulfide) groups is 1. The lowest BCUT2D eigenvalue weighted by molar-refractivity contribution is -0.113. The summed E-state index contributed by atoms with van der Waals surface area (Å²) in [6.07, 6.45) is 1.62. The summed E-state index contributed by atoms with van der Waals surface area (Å²) in [6, 6.07) is 9.64. The van der Waals surface area contributed by atoms with E-state index in [2.05, 4.69) is 26.6 Å². The molecule has 2 aromatic carbocycles. The van der Waals surface area contributed by atoms with Crippen LogP contribution >= 0.6 is 23.1 Å². The van der Waals surface area contributed by atoms with Crippen molar-refractivity contribution in [3.8, 4) is 16.9 Å².